The van der Waals surface area contributed by atoms with Crippen LogP contribution in [0.4, 0.5) is 5.69 Å². The topological polar surface area (TPSA) is 30.9 Å². The summed E-state index contributed by atoms with van der Waals surface area (Å²) < 4.78 is 19.5. The lowest BCUT2D eigenvalue weighted by Gasteiger charge is -2.31. The van der Waals surface area contributed by atoms with Gasteiger partial charge in [-0.05, 0) is 133 Å². The van der Waals surface area contributed by atoms with Crippen molar-refractivity contribution >= 4 is 39.0 Å². The van der Waals surface area contributed by atoms with Crippen LogP contribution in [0.3, 0.4) is 0 Å². The van der Waals surface area contributed by atoms with Crippen LogP contribution in [0.1, 0.15) is 66.8 Å². The molecule has 2 aliphatic heterocycles. The van der Waals surface area contributed by atoms with Gasteiger partial charge in [0, 0.05) is 26.8 Å². The predicted molar refractivity (Wildman–Crippen MR) is 252 cm³/mol. The predicted octanol–water partition coefficient (Wildman–Crippen LogP) is 14.3. The molecule has 2 atom stereocenters. The van der Waals surface area contributed by atoms with Gasteiger partial charge in [-0.2, -0.15) is 0 Å². The van der Waals surface area contributed by atoms with Crippen molar-refractivity contribution in [3.63, 3.8) is 0 Å². The van der Waals surface area contributed by atoms with Crippen molar-refractivity contribution in [2.75, 3.05) is 24.7 Å². The third-order valence-corrected chi connectivity index (χ3v) is 13.8. The summed E-state index contributed by atoms with van der Waals surface area (Å²) in [6.45, 7) is 15.4. The minimum atomic E-state index is 0.143. The van der Waals surface area contributed by atoms with Crippen LogP contribution in [-0.2, 0) is 0 Å². The maximum absolute atomic E-state index is 6.55. The van der Waals surface area contributed by atoms with E-state index in [-0.39, 0.29) is 5.41 Å². The van der Waals surface area contributed by atoms with Gasteiger partial charge in [-0.15, -0.1) is 11.8 Å². The molecule has 0 bridgehead atoms. The molecule has 9 rings (SSSR count). The first-order valence-corrected chi connectivity index (χ1v) is 22.3. The number of rotatable bonds is 11. The summed E-state index contributed by atoms with van der Waals surface area (Å²) in [6.07, 6.45) is 14.6. The van der Waals surface area contributed by atoms with Gasteiger partial charge in [0.15, 0.2) is 5.75 Å². The molecule has 6 aromatic rings. The summed E-state index contributed by atoms with van der Waals surface area (Å²) in [4.78, 5) is 3.67. The van der Waals surface area contributed by atoms with Gasteiger partial charge >= 0.3 is 0 Å². The number of hydrogen-bond donors (Lipinski definition) is 0. The van der Waals surface area contributed by atoms with Crippen LogP contribution in [-0.4, -0.2) is 25.0 Å². The molecule has 4 nitrogen and oxygen atoms in total. The number of hydrogen-bond acceptors (Lipinski definition) is 5. The van der Waals surface area contributed by atoms with E-state index in [4.69, 9.17) is 14.2 Å². The van der Waals surface area contributed by atoms with E-state index in [1.54, 1.807) is 0 Å². The molecule has 0 saturated heterocycles. The van der Waals surface area contributed by atoms with Gasteiger partial charge in [0.25, 0.3) is 0 Å². The minimum absolute atomic E-state index is 0.143. The summed E-state index contributed by atoms with van der Waals surface area (Å²) in [5, 5.41) is 5.03. The summed E-state index contributed by atoms with van der Waals surface area (Å²) in [6, 6.07) is 38.7. The van der Waals surface area contributed by atoms with E-state index in [0.29, 0.717) is 30.9 Å². The zero-order chi connectivity index (χ0) is 41.4. The first-order valence-electron chi connectivity index (χ1n) is 21.4. The second kappa shape index (κ2) is 16.8. The van der Waals surface area contributed by atoms with Crippen molar-refractivity contribution in [2.24, 2.45) is 5.41 Å². The Bertz CT molecular complexity index is 2710. The molecule has 0 N–H and O–H groups in total. The van der Waals surface area contributed by atoms with Gasteiger partial charge in [0.2, 0.25) is 5.88 Å². The fraction of sp³-hybridized carbons (Fsp3) is 0.273. The van der Waals surface area contributed by atoms with Crippen LogP contribution < -0.4 is 19.1 Å². The molecule has 1 aliphatic carbocycles. The number of allylic oxidation sites excluding steroid dienone is 6. The van der Waals surface area contributed by atoms with E-state index in [9.17, 15) is 0 Å². The SMILES string of the molecule is Cc1cc2c(cc1C)N(CCOc1cccc3ccccc13)C(=CC=CC1=CC(=CC3Sc4cc(C)c(C)cc4C3CCOc3cccc4ccccc34)CC(C)(C)C1)O2. The first-order chi connectivity index (χ1) is 29.1. The summed E-state index contributed by atoms with van der Waals surface area (Å²) in [7, 11) is 0. The highest BCUT2D eigenvalue weighted by Gasteiger charge is 2.34. The van der Waals surface area contributed by atoms with Crippen LogP contribution in [0.25, 0.3) is 21.5 Å². The molecule has 6 aromatic carbocycles. The van der Waals surface area contributed by atoms with Crippen molar-refractivity contribution < 1.29 is 14.2 Å². The van der Waals surface area contributed by atoms with Crippen molar-refractivity contribution in [1.29, 1.82) is 0 Å². The highest BCUT2D eigenvalue weighted by molar-refractivity contribution is 8.00. The van der Waals surface area contributed by atoms with Gasteiger partial charge in [0.05, 0.1) is 18.8 Å². The fourth-order valence-electron chi connectivity index (χ4n) is 9.16. The Balaban J connectivity index is 0.947. The van der Waals surface area contributed by atoms with Gasteiger partial charge < -0.3 is 19.1 Å². The number of benzene rings is 6. The largest absolute Gasteiger partial charge is 0.493 e. The maximum Gasteiger partial charge on any atom is 0.200 e. The van der Waals surface area contributed by atoms with Crippen LogP contribution in [0.2, 0.25) is 0 Å². The summed E-state index contributed by atoms with van der Waals surface area (Å²) in [5.41, 5.74) is 10.6. The maximum atomic E-state index is 6.55. The standard InChI is InChI=1S/C55H55NO3S/c1-36-28-47-46(24-26-57-49-21-12-17-42-15-7-9-19-44(42)49)53(60-52(47)31-39(36)4)33-41-32-40(34-55(5,6)35-41)14-11-23-54-56(48-29-37(2)38(3)30-51(48)59-54)25-27-58-50-22-13-18-43-16-8-10-20-45(43)50/h7-23,28-33,46,53H,24-27,34-35H2,1-6H3. The molecule has 304 valence electrons. The van der Waals surface area contributed by atoms with Crippen molar-refractivity contribution in [1.82, 2.24) is 0 Å². The highest BCUT2D eigenvalue weighted by atomic mass is 32.2. The van der Waals surface area contributed by atoms with Gasteiger partial charge in [-0.1, -0.05) is 123 Å². The van der Waals surface area contributed by atoms with E-state index in [1.165, 1.54) is 60.0 Å². The molecule has 0 radical (unpaired) electrons. The average Bonchev–Trinajstić information content (AvgIpc) is 3.72. The quantitative estimate of drug-likeness (QED) is 0.130. The lowest BCUT2D eigenvalue weighted by Crippen LogP contribution is -2.26. The highest BCUT2D eigenvalue weighted by Crippen LogP contribution is 2.50. The van der Waals surface area contributed by atoms with Crippen LogP contribution >= 0.6 is 11.8 Å². The Morgan fingerprint density at radius 2 is 1.37 bits per heavy atom. The number of anilines is 1. The van der Waals surface area contributed by atoms with E-state index in [2.05, 4.69) is 186 Å². The normalized spacial score (nSPS) is 19.6. The fourth-order valence-corrected chi connectivity index (χ4v) is 10.7. The van der Waals surface area contributed by atoms with Gasteiger partial charge in [-0.25, -0.2) is 0 Å². The van der Waals surface area contributed by atoms with E-state index in [1.807, 2.05) is 11.8 Å². The van der Waals surface area contributed by atoms with E-state index < -0.39 is 0 Å². The number of nitrogens with zero attached hydrogens (tertiary/aromatic N) is 1. The molecule has 0 aromatic heterocycles. The summed E-state index contributed by atoms with van der Waals surface area (Å²) in [5.74, 6) is 3.95. The van der Waals surface area contributed by atoms with Crippen molar-refractivity contribution in [3.05, 3.63) is 184 Å². The molecular weight excluding hydrogens is 755 g/mol. The minimum Gasteiger partial charge on any atom is -0.493 e. The van der Waals surface area contributed by atoms with Crippen molar-refractivity contribution in [2.45, 2.75) is 76.9 Å². The Labute approximate surface area is 360 Å². The Kier molecular flexibility index (Phi) is 11.1. The third-order valence-electron chi connectivity index (χ3n) is 12.5. The molecule has 2 heterocycles. The number of aryl methyl sites for hydroxylation is 4. The molecule has 0 saturated carbocycles. The van der Waals surface area contributed by atoms with Crippen LogP contribution in [0.15, 0.2) is 161 Å². The van der Waals surface area contributed by atoms with Crippen LogP contribution in [0.5, 0.6) is 17.2 Å². The molecule has 5 heteroatoms. The number of thioether (sulfide) groups is 1. The monoisotopic (exact) mass is 809 g/mol. The second-order valence-corrected chi connectivity index (χ2v) is 18.8. The first kappa shape index (κ1) is 39.8. The molecular formula is C55H55NO3S. The number of ether oxygens (including phenoxy) is 3. The average molecular weight is 810 g/mol. The molecule has 60 heavy (non-hydrogen) atoms. The van der Waals surface area contributed by atoms with E-state index in [0.717, 1.165) is 53.5 Å². The lowest BCUT2D eigenvalue weighted by molar-refractivity contribution is 0.302. The second-order valence-electron chi connectivity index (χ2n) is 17.6. The molecule has 0 fully saturated rings. The van der Waals surface area contributed by atoms with Crippen molar-refractivity contribution in [3.8, 4) is 17.2 Å². The number of fused-ring (bicyclic) bond motifs is 4. The van der Waals surface area contributed by atoms with Gasteiger partial charge in [0.1, 0.15) is 18.1 Å². The molecule has 2 unspecified atom stereocenters. The van der Waals surface area contributed by atoms with Crippen LogP contribution in [0, 0.1) is 33.1 Å². The van der Waals surface area contributed by atoms with Gasteiger partial charge in [-0.3, -0.25) is 0 Å². The molecule has 3 aliphatic rings. The Hall–Kier alpha value is -5.65. The van der Waals surface area contributed by atoms with E-state index >= 15 is 0 Å². The molecule has 0 spiro atoms. The zero-order valence-corrected chi connectivity index (χ0v) is 36.6. The Morgan fingerprint density at radius 1 is 0.733 bits per heavy atom. The third kappa shape index (κ3) is 8.38. The molecule has 0 amide bonds. The Morgan fingerprint density at radius 3 is 2.10 bits per heavy atom. The summed E-state index contributed by atoms with van der Waals surface area (Å²) >= 11 is 2.03. The smallest absolute Gasteiger partial charge is 0.200 e. The lowest BCUT2D eigenvalue weighted by atomic mass is 9.74. The zero-order valence-electron chi connectivity index (χ0n) is 35.8.